The number of rotatable bonds is 0. The van der Waals surface area contributed by atoms with Gasteiger partial charge in [-0.15, -0.1) is 0 Å². The number of aromatic hydroxyl groups is 1. The van der Waals surface area contributed by atoms with Crippen molar-refractivity contribution in [2.24, 2.45) is 23.7 Å². The van der Waals surface area contributed by atoms with Crippen molar-refractivity contribution in [2.75, 3.05) is 0 Å². The van der Waals surface area contributed by atoms with Gasteiger partial charge in [-0.2, -0.15) is 0 Å². The van der Waals surface area contributed by atoms with Crippen molar-refractivity contribution >= 4 is 0 Å². The Morgan fingerprint density at radius 2 is 1.94 bits per heavy atom. The minimum absolute atomic E-state index is 0.338. The van der Waals surface area contributed by atoms with Gasteiger partial charge >= 0.3 is 0 Å². The Hall–Kier alpha value is -1.50. The molecule has 1 nitrogen and oxygen atoms in total. The van der Waals surface area contributed by atoms with Gasteiger partial charge in [-0.05, 0) is 61.1 Å². The molecule has 0 radical (unpaired) electrons. The molecule has 0 heterocycles. The predicted octanol–water partition coefficient (Wildman–Crippen LogP) is 4.09. The fourth-order valence-corrected chi connectivity index (χ4v) is 3.60. The molecule has 0 aliphatic heterocycles. The van der Waals surface area contributed by atoms with E-state index < -0.39 is 0 Å². The minimum Gasteiger partial charge on any atom is -0.508 e. The van der Waals surface area contributed by atoms with E-state index in [-0.39, 0.29) is 0 Å². The van der Waals surface area contributed by atoms with E-state index in [0.717, 1.165) is 29.2 Å². The van der Waals surface area contributed by atoms with Crippen LogP contribution < -0.4 is 0 Å². The van der Waals surface area contributed by atoms with Gasteiger partial charge < -0.3 is 5.11 Å². The number of phenolic OH excluding ortho intramolecular Hbond substituents is 1. The van der Waals surface area contributed by atoms with Crippen LogP contribution in [0.1, 0.15) is 18.4 Å². The van der Waals surface area contributed by atoms with Crippen LogP contribution in [0.5, 0.6) is 5.75 Å². The van der Waals surface area contributed by atoms with Crippen LogP contribution in [0.3, 0.4) is 0 Å². The molecule has 2 bridgehead atoms. The Kier molecular flexibility index (Phi) is 2.99. The lowest BCUT2D eigenvalue weighted by molar-refractivity contribution is 0.398. The molecule has 3 aliphatic carbocycles. The van der Waals surface area contributed by atoms with Crippen molar-refractivity contribution < 1.29 is 5.11 Å². The van der Waals surface area contributed by atoms with E-state index in [2.05, 4.69) is 24.3 Å². The Balaban J connectivity index is 0.000000115. The van der Waals surface area contributed by atoms with Crippen LogP contribution in [-0.2, 0) is 0 Å². The predicted molar refractivity (Wildman–Crippen MR) is 74.3 cm³/mol. The number of hydrogen-bond acceptors (Lipinski definition) is 1. The molecule has 0 saturated heterocycles. The van der Waals surface area contributed by atoms with Gasteiger partial charge in [0.15, 0.2) is 0 Å². The molecule has 1 fully saturated rings. The maximum Gasteiger partial charge on any atom is 0.115 e. The fraction of sp³-hybridized carbons (Fsp3) is 0.412. The summed E-state index contributed by atoms with van der Waals surface area (Å²) in [6, 6.07) is 7.15. The summed E-state index contributed by atoms with van der Waals surface area (Å²) in [4.78, 5) is 0. The Morgan fingerprint density at radius 1 is 1.11 bits per heavy atom. The first-order valence-corrected chi connectivity index (χ1v) is 6.84. The zero-order valence-electron chi connectivity index (χ0n) is 10.8. The Labute approximate surface area is 109 Å². The molecule has 4 unspecified atom stereocenters. The highest BCUT2D eigenvalue weighted by molar-refractivity contribution is 5.25. The molecule has 0 amide bonds. The summed E-state index contributed by atoms with van der Waals surface area (Å²) in [6.45, 7) is 1.94. The molecule has 1 N–H and O–H groups in total. The van der Waals surface area contributed by atoms with Gasteiger partial charge in [-0.25, -0.2) is 0 Å². The van der Waals surface area contributed by atoms with Gasteiger partial charge in [-0.3, -0.25) is 0 Å². The number of benzene rings is 1. The number of phenols is 1. The summed E-state index contributed by atoms with van der Waals surface area (Å²) in [7, 11) is 0. The third kappa shape index (κ3) is 2.10. The molecule has 0 spiro atoms. The van der Waals surface area contributed by atoms with E-state index in [1.807, 2.05) is 19.1 Å². The summed E-state index contributed by atoms with van der Waals surface area (Å²) in [5, 5.41) is 8.81. The average Bonchev–Trinajstić information content (AvgIpc) is 3.04. The first kappa shape index (κ1) is 11.6. The minimum atomic E-state index is 0.338. The molecular formula is C17H20O. The monoisotopic (exact) mass is 240 g/mol. The van der Waals surface area contributed by atoms with E-state index in [4.69, 9.17) is 5.11 Å². The number of allylic oxidation sites excluding steroid dienone is 4. The van der Waals surface area contributed by atoms with Gasteiger partial charge in [0.25, 0.3) is 0 Å². The van der Waals surface area contributed by atoms with Crippen LogP contribution in [0.15, 0.2) is 48.6 Å². The van der Waals surface area contributed by atoms with Crippen LogP contribution >= 0.6 is 0 Å². The van der Waals surface area contributed by atoms with Gasteiger partial charge in [-0.1, -0.05) is 36.4 Å². The zero-order chi connectivity index (χ0) is 12.5. The molecule has 18 heavy (non-hydrogen) atoms. The standard InChI is InChI=1S/C10H12.C7H8O/c1-2-9-7-4-5-8(6-7)10(9)3-1;1-6-3-2-4-7(8)5-6/h1-2,4-5,7-10H,3,6H2;2-5,8H,1H3. The maximum atomic E-state index is 8.81. The van der Waals surface area contributed by atoms with E-state index in [9.17, 15) is 0 Å². The van der Waals surface area contributed by atoms with Gasteiger partial charge in [0.2, 0.25) is 0 Å². The second-order valence-electron chi connectivity index (χ2n) is 5.69. The molecule has 94 valence electrons. The average molecular weight is 240 g/mol. The summed E-state index contributed by atoms with van der Waals surface area (Å²) in [5.74, 6) is 4.16. The molecule has 3 aliphatic rings. The Morgan fingerprint density at radius 3 is 2.61 bits per heavy atom. The lowest BCUT2D eigenvalue weighted by Gasteiger charge is -2.18. The SMILES string of the molecule is C1=CC2C3C=CC(C3)C2C1.Cc1cccc(O)c1. The second kappa shape index (κ2) is 4.64. The van der Waals surface area contributed by atoms with Crippen molar-refractivity contribution in [1.29, 1.82) is 0 Å². The van der Waals surface area contributed by atoms with Gasteiger partial charge in [0, 0.05) is 0 Å². The zero-order valence-corrected chi connectivity index (χ0v) is 10.8. The van der Waals surface area contributed by atoms with Crippen molar-refractivity contribution in [3.8, 4) is 5.75 Å². The molecule has 4 atom stereocenters. The second-order valence-corrected chi connectivity index (χ2v) is 5.69. The lowest BCUT2D eigenvalue weighted by atomic mass is 9.86. The van der Waals surface area contributed by atoms with Crippen LogP contribution in [0.25, 0.3) is 0 Å². The van der Waals surface area contributed by atoms with E-state index in [1.54, 1.807) is 12.1 Å². The third-order valence-corrected chi connectivity index (χ3v) is 4.46. The highest BCUT2D eigenvalue weighted by Gasteiger charge is 2.44. The van der Waals surface area contributed by atoms with E-state index >= 15 is 0 Å². The van der Waals surface area contributed by atoms with Crippen LogP contribution in [0.2, 0.25) is 0 Å². The molecule has 4 rings (SSSR count). The van der Waals surface area contributed by atoms with Crippen molar-refractivity contribution in [2.45, 2.75) is 19.8 Å². The lowest BCUT2D eigenvalue weighted by Crippen LogP contribution is -2.12. The highest BCUT2D eigenvalue weighted by Crippen LogP contribution is 2.52. The number of hydrogen-bond donors (Lipinski definition) is 1. The number of aryl methyl sites for hydroxylation is 1. The largest absolute Gasteiger partial charge is 0.508 e. The van der Waals surface area contributed by atoms with Crippen LogP contribution in [0, 0.1) is 30.6 Å². The van der Waals surface area contributed by atoms with Crippen molar-refractivity contribution in [1.82, 2.24) is 0 Å². The molecule has 1 saturated carbocycles. The first-order valence-electron chi connectivity index (χ1n) is 6.84. The van der Waals surface area contributed by atoms with Crippen LogP contribution in [-0.4, -0.2) is 5.11 Å². The number of fused-ring (bicyclic) bond motifs is 5. The van der Waals surface area contributed by atoms with Crippen LogP contribution in [0.4, 0.5) is 0 Å². The Bertz CT molecular complexity index is 469. The quantitative estimate of drug-likeness (QED) is 0.677. The smallest absolute Gasteiger partial charge is 0.115 e. The van der Waals surface area contributed by atoms with Crippen molar-refractivity contribution in [3.05, 3.63) is 54.1 Å². The van der Waals surface area contributed by atoms with Crippen molar-refractivity contribution in [3.63, 3.8) is 0 Å². The maximum absolute atomic E-state index is 8.81. The third-order valence-electron chi connectivity index (χ3n) is 4.46. The van der Waals surface area contributed by atoms with Gasteiger partial charge in [0.1, 0.15) is 5.75 Å². The molecule has 1 aromatic rings. The molecule has 1 aromatic carbocycles. The normalized spacial score (nSPS) is 34.3. The fourth-order valence-electron chi connectivity index (χ4n) is 3.60. The van der Waals surface area contributed by atoms with E-state index in [0.29, 0.717) is 5.75 Å². The molecular weight excluding hydrogens is 220 g/mol. The summed E-state index contributed by atoms with van der Waals surface area (Å²) >= 11 is 0. The molecule has 0 aromatic heterocycles. The van der Waals surface area contributed by atoms with E-state index in [1.165, 1.54) is 12.8 Å². The highest BCUT2D eigenvalue weighted by atomic mass is 16.3. The summed E-state index contributed by atoms with van der Waals surface area (Å²) in [5.41, 5.74) is 1.09. The summed E-state index contributed by atoms with van der Waals surface area (Å²) in [6.07, 6.45) is 12.5. The first-order chi connectivity index (χ1) is 8.74. The molecule has 1 heteroatoms. The van der Waals surface area contributed by atoms with Gasteiger partial charge in [0.05, 0.1) is 0 Å². The summed E-state index contributed by atoms with van der Waals surface area (Å²) < 4.78 is 0. The topological polar surface area (TPSA) is 20.2 Å².